The van der Waals surface area contributed by atoms with Crippen molar-refractivity contribution in [2.75, 3.05) is 5.32 Å². The number of rotatable bonds is 4. The molecule has 0 aliphatic rings. The summed E-state index contributed by atoms with van der Waals surface area (Å²) in [5.74, 6) is -0.639. The smallest absolute Gasteiger partial charge is 0.259 e. The summed E-state index contributed by atoms with van der Waals surface area (Å²) in [6, 6.07) is 11.1. The van der Waals surface area contributed by atoms with Gasteiger partial charge in [-0.1, -0.05) is 41.4 Å². The van der Waals surface area contributed by atoms with Crippen molar-refractivity contribution in [2.24, 2.45) is 0 Å². The average molecular weight is 381 g/mol. The van der Waals surface area contributed by atoms with Crippen LogP contribution in [0.1, 0.15) is 20.8 Å². The fourth-order valence-corrected chi connectivity index (χ4v) is 3.32. The number of hydrogen-bond donors (Lipinski definition) is 1. The van der Waals surface area contributed by atoms with Gasteiger partial charge in [-0.15, -0.1) is 11.3 Å². The van der Waals surface area contributed by atoms with Crippen LogP contribution in [0.4, 0.5) is 9.52 Å². The number of carbonyl (C=O) groups is 1. The van der Waals surface area contributed by atoms with Gasteiger partial charge < -0.3 is 0 Å². The molecule has 0 atom stereocenters. The first-order valence-electron chi connectivity index (χ1n) is 6.97. The van der Waals surface area contributed by atoms with E-state index in [4.69, 9.17) is 23.2 Å². The molecule has 0 aliphatic carbocycles. The molecule has 24 heavy (non-hydrogen) atoms. The molecule has 0 radical (unpaired) electrons. The van der Waals surface area contributed by atoms with Gasteiger partial charge in [-0.25, -0.2) is 9.37 Å². The molecular weight excluding hydrogens is 370 g/mol. The predicted molar refractivity (Wildman–Crippen MR) is 95.7 cm³/mol. The van der Waals surface area contributed by atoms with E-state index in [2.05, 4.69) is 10.3 Å². The van der Waals surface area contributed by atoms with Crippen LogP contribution in [0.5, 0.6) is 0 Å². The quantitative estimate of drug-likeness (QED) is 0.655. The Labute approximate surface area is 152 Å². The summed E-state index contributed by atoms with van der Waals surface area (Å²) in [5, 5.41) is 3.70. The van der Waals surface area contributed by atoms with Crippen molar-refractivity contribution in [3.05, 3.63) is 80.5 Å². The highest BCUT2D eigenvalue weighted by Crippen LogP contribution is 2.27. The van der Waals surface area contributed by atoms with Crippen molar-refractivity contribution >= 4 is 45.6 Å². The lowest BCUT2D eigenvalue weighted by Gasteiger charge is -2.05. The minimum Gasteiger partial charge on any atom is -0.298 e. The summed E-state index contributed by atoms with van der Waals surface area (Å²) < 4.78 is 12.9. The molecule has 0 bridgehead atoms. The number of amides is 1. The van der Waals surface area contributed by atoms with Crippen LogP contribution < -0.4 is 5.32 Å². The van der Waals surface area contributed by atoms with Gasteiger partial charge >= 0.3 is 0 Å². The minimum atomic E-state index is -0.370. The Bertz CT molecular complexity index is 881. The van der Waals surface area contributed by atoms with Crippen LogP contribution >= 0.6 is 34.5 Å². The van der Waals surface area contributed by atoms with Crippen molar-refractivity contribution in [2.45, 2.75) is 6.42 Å². The second-order valence-electron chi connectivity index (χ2n) is 4.99. The van der Waals surface area contributed by atoms with Gasteiger partial charge in [0.05, 0.1) is 15.6 Å². The molecule has 1 amide bonds. The Hall–Kier alpha value is -1.95. The highest BCUT2D eigenvalue weighted by atomic mass is 35.5. The number of halogens is 3. The first kappa shape index (κ1) is 16.9. The Kier molecular flexibility index (Phi) is 5.14. The standard InChI is InChI=1S/C17H11Cl2FN2OS/c18-14-3-1-2-13(15(14)19)16(23)22-17-21-9-12(24-17)8-10-4-6-11(20)7-5-10/h1-7,9H,8H2,(H,21,22,23). The second kappa shape index (κ2) is 7.30. The maximum Gasteiger partial charge on any atom is 0.259 e. The molecule has 0 aliphatic heterocycles. The molecule has 0 saturated heterocycles. The fourth-order valence-electron chi connectivity index (χ4n) is 2.09. The lowest BCUT2D eigenvalue weighted by molar-refractivity contribution is 0.102. The van der Waals surface area contributed by atoms with E-state index in [0.717, 1.165) is 10.4 Å². The van der Waals surface area contributed by atoms with Crippen molar-refractivity contribution < 1.29 is 9.18 Å². The lowest BCUT2D eigenvalue weighted by Crippen LogP contribution is -2.12. The summed E-state index contributed by atoms with van der Waals surface area (Å²) in [5.41, 5.74) is 1.26. The highest BCUT2D eigenvalue weighted by Gasteiger charge is 2.14. The van der Waals surface area contributed by atoms with Crippen molar-refractivity contribution in [1.29, 1.82) is 0 Å². The monoisotopic (exact) mass is 380 g/mol. The van der Waals surface area contributed by atoms with E-state index < -0.39 is 0 Å². The summed E-state index contributed by atoms with van der Waals surface area (Å²) in [6.45, 7) is 0. The number of benzene rings is 2. The first-order valence-corrected chi connectivity index (χ1v) is 8.54. The van der Waals surface area contributed by atoms with Crippen molar-refractivity contribution in [3.63, 3.8) is 0 Å². The number of anilines is 1. The summed E-state index contributed by atoms with van der Waals surface area (Å²) >= 11 is 13.3. The molecular formula is C17H11Cl2FN2OS. The summed E-state index contributed by atoms with van der Waals surface area (Å²) in [6.07, 6.45) is 2.30. The largest absolute Gasteiger partial charge is 0.298 e. The zero-order valence-corrected chi connectivity index (χ0v) is 14.6. The second-order valence-corrected chi connectivity index (χ2v) is 6.89. The Morgan fingerprint density at radius 3 is 2.67 bits per heavy atom. The maximum atomic E-state index is 12.9. The summed E-state index contributed by atoms with van der Waals surface area (Å²) in [4.78, 5) is 17.4. The predicted octanol–water partition coefficient (Wildman–Crippen LogP) is 5.43. The van der Waals surface area contributed by atoms with Crippen LogP contribution in [0.15, 0.2) is 48.7 Å². The molecule has 0 fully saturated rings. The van der Waals surface area contributed by atoms with Crippen molar-refractivity contribution in [3.8, 4) is 0 Å². The number of nitrogens with one attached hydrogen (secondary N) is 1. The van der Waals surface area contributed by atoms with E-state index in [1.54, 1.807) is 36.5 Å². The highest BCUT2D eigenvalue weighted by molar-refractivity contribution is 7.15. The third-order valence-electron chi connectivity index (χ3n) is 3.26. The maximum absolute atomic E-state index is 12.9. The molecule has 2 aromatic carbocycles. The average Bonchev–Trinajstić information content (AvgIpc) is 2.99. The molecule has 3 nitrogen and oxygen atoms in total. The molecule has 0 saturated carbocycles. The van der Waals surface area contributed by atoms with Crippen LogP contribution in [0.3, 0.4) is 0 Å². The molecule has 7 heteroatoms. The van der Waals surface area contributed by atoms with Gasteiger partial charge in [0.25, 0.3) is 5.91 Å². The van der Waals surface area contributed by atoms with Crippen LogP contribution in [0.2, 0.25) is 10.0 Å². The van der Waals surface area contributed by atoms with E-state index in [0.29, 0.717) is 22.1 Å². The normalized spacial score (nSPS) is 10.6. The van der Waals surface area contributed by atoms with Crippen LogP contribution in [-0.4, -0.2) is 10.9 Å². The Morgan fingerprint density at radius 1 is 1.17 bits per heavy atom. The van der Waals surface area contributed by atoms with Crippen LogP contribution in [0, 0.1) is 5.82 Å². The number of hydrogen-bond acceptors (Lipinski definition) is 3. The van der Waals surface area contributed by atoms with Crippen LogP contribution in [0.25, 0.3) is 0 Å². The third-order valence-corrected chi connectivity index (χ3v) is 4.99. The fraction of sp³-hybridized carbons (Fsp3) is 0.0588. The van der Waals surface area contributed by atoms with E-state index >= 15 is 0 Å². The molecule has 0 spiro atoms. The zero-order chi connectivity index (χ0) is 17.1. The molecule has 1 aromatic heterocycles. The van der Waals surface area contributed by atoms with Crippen LogP contribution in [-0.2, 0) is 6.42 Å². The SMILES string of the molecule is O=C(Nc1ncc(Cc2ccc(F)cc2)s1)c1cccc(Cl)c1Cl. The van der Waals surface area contributed by atoms with E-state index in [-0.39, 0.29) is 16.7 Å². The molecule has 0 unspecified atom stereocenters. The molecule has 1 N–H and O–H groups in total. The Balaban J connectivity index is 1.70. The molecule has 122 valence electrons. The van der Waals surface area contributed by atoms with E-state index in [9.17, 15) is 9.18 Å². The number of carbonyl (C=O) groups excluding carboxylic acids is 1. The Morgan fingerprint density at radius 2 is 1.92 bits per heavy atom. The van der Waals surface area contributed by atoms with Gasteiger partial charge in [-0.3, -0.25) is 10.1 Å². The summed E-state index contributed by atoms with van der Waals surface area (Å²) in [7, 11) is 0. The van der Waals surface area contributed by atoms with Gasteiger partial charge in [0, 0.05) is 17.5 Å². The van der Waals surface area contributed by atoms with Gasteiger partial charge in [0.2, 0.25) is 0 Å². The number of aromatic nitrogens is 1. The van der Waals surface area contributed by atoms with E-state index in [1.807, 2.05) is 0 Å². The molecule has 3 rings (SSSR count). The van der Waals surface area contributed by atoms with E-state index in [1.165, 1.54) is 23.5 Å². The minimum absolute atomic E-state index is 0.208. The van der Waals surface area contributed by atoms with Gasteiger partial charge in [0.15, 0.2) is 5.13 Å². The first-order chi connectivity index (χ1) is 11.5. The lowest BCUT2D eigenvalue weighted by atomic mass is 10.1. The van der Waals surface area contributed by atoms with Crippen molar-refractivity contribution in [1.82, 2.24) is 4.98 Å². The van der Waals surface area contributed by atoms with Gasteiger partial charge in [0.1, 0.15) is 5.82 Å². The topological polar surface area (TPSA) is 42.0 Å². The third kappa shape index (κ3) is 3.93. The molecule has 3 aromatic rings. The molecule has 1 heterocycles. The van der Waals surface area contributed by atoms with Gasteiger partial charge in [-0.05, 0) is 29.8 Å². The number of nitrogens with zero attached hydrogens (tertiary/aromatic N) is 1. The zero-order valence-electron chi connectivity index (χ0n) is 12.2. The number of thiazole rings is 1. The van der Waals surface area contributed by atoms with Gasteiger partial charge in [-0.2, -0.15) is 0 Å².